The Kier molecular flexibility index (Phi) is 3.98. The summed E-state index contributed by atoms with van der Waals surface area (Å²) >= 11 is 0. The van der Waals surface area contributed by atoms with E-state index in [1.54, 1.807) is 26.0 Å². The van der Waals surface area contributed by atoms with Crippen LogP contribution in [0.15, 0.2) is 24.3 Å². The van der Waals surface area contributed by atoms with E-state index in [-0.39, 0.29) is 0 Å². The molecule has 1 aromatic carbocycles. The third-order valence-corrected chi connectivity index (χ3v) is 4.46. The number of amides is 4. The maximum atomic E-state index is 12.8. The highest BCUT2D eigenvalue weighted by molar-refractivity contribution is 6.11. The number of urea groups is 1. The Morgan fingerprint density at radius 3 is 2.56 bits per heavy atom. The number of hydrogen-bond acceptors (Lipinski definition) is 5. The SMILES string of the molecule is COC(=O)[C@@H]1Cc2ccccc2N1C(=O)CN1C(=O)NC(C)(C)C1=O. The molecular weight excluding hydrogens is 326 g/mol. The van der Waals surface area contributed by atoms with Gasteiger partial charge in [0.15, 0.2) is 0 Å². The van der Waals surface area contributed by atoms with Gasteiger partial charge in [-0.1, -0.05) is 18.2 Å². The van der Waals surface area contributed by atoms with Gasteiger partial charge in [-0.25, -0.2) is 9.59 Å². The molecule has 0 unspecified atom stereocenters. The summed E-state index contributed by atoms with van der Waals surface area (Å²) in [5.74, 6) is -1.53. The van der Waals surface area contributed by atoms with Gasteiger partial charge >= 0.3 is 12.0 Å². The molecule has 132 valence electrons. The number of nitrogens with zero attached hydrogens (tertiary/aromatic N) is 2. The van der Waals surface area contributed by atoms with Gasteiger partial charge in [0.05, 0.1) is 7.11 Å². The molecule has 0 aromatic heterocycles. The molecule has 2 heterocycles. The maximum Gasteiger partial charge on any atom is 0.329 e. The van der Waals surface area contributed by atoms with Crippen molar-refractivity contribution >= 4 is 29.5 Å². The maximum absolute atomic E-state index is 12.8. The van der Waals surface area contributed by atoms with Crippen LogP contribution < -0.4 is 10.2 Å². The lowest BCUT2D eigenvalue weighted by Gasteiger charge is -2.25. The number of hydrogen-bond donors (Lipinski definition) is 1. The van der Waals surface area contributed by atoms with Gasteiger partial charge < -0.3 is 10.1 Å². The molecule has 1 atom stereocenters. The fourth-order valence-corrected chi connectivity index (χ4v) is 3.19. The number of carbonyl (C=O) groups excluding carboxylic acids is 4. The molecule has 1 fully saturated rings. The van der Waals surface area contributed by atoms with Gasteiger partial charge in [-0.05, 0) is 25.5 Å². The lowest BCUT2D eigenvalue weighted by atomic mass is 10.1. The van der Waals surface area contributed by atoms with E-state index >= 15 is 0 Å². The molecular formula is C17H19N3O5. The first kappa shape index (κ1) is 16.9. The van der Waals surface area contributed by atoms with E-state index in [0.717, 1.165) is 10.5 Å². The Hall–Kier alpha value is -2.90. The number of esters is 1. The average molecular weight is 345 g/mol. The second-order valence-electron chi connectivity index (χ2n) is 6.58. The highest BCUT2D eigenvalue weighted by Crippen LogP contribution is 2.33. The van der Waals surface area contributed by atoms with Gasteiger partial charge in [0.25, 0.3) is 5.91 Å². The molecule has 25 heavy (non-hydrogen) atoms. The van der Waals surface area contributed by atoms with Crippen LogP contribution in [-0.2, 0) is 25.5 Å². The van der Waals surface area contributed by atoms with Crippen molar-refractivity contribution in [2.75, 3.05) is 18.6 Å². The van der Waals surface area contributed by atoms with Crippen molar-refractivity contribution in [2.45, 2.75) is 31.8 Å². The zero-order valence-electron chi connectivity index (χ0n) is 14.2. The number of fused-ring (bicyclic) bond motifs is 1. The van der Waals surface area contributed by atoms with Gasteiger partial charge in [-0.2, -0.15) is 0 Å². The fourth-order valence-electron chi connectivity index (χ4n) is 3.19. The summed E-state index contributed by atoms with van der Waals surface area (Å²) in [5, 5.41) is 2.53. The summed E-state index contributed by atoms with van der Waals surface area (Å²) in [6, 6.07) is 5.71. The van der Waals surface area contributed by atoms with E-state index in [1.807, 2.05) is 12.1 Å². The summed E-state index contributed by atoms with van der Waals surface area (Å²) in [6.07, 6.45) is 0.334. The second kappa shape index (κ2) is 5.87. The molecule has 4 amide bonds. The second-order valence-corrected chi connectivity index (χ2v) is 6.58. The first-order valence-electron chi connectivity index (χ1n) is 7.88. The van der Waals surface area contributed by atoms with Crippen LogP contribution in [0.2, 0.25) is 0 Å². The van der Waals surface area contributed by atoms with Gasteiger partial charge in [0.2, 0.25) is 5.91 Å². The van der Waals surface area contributed by atoms with Crippen molar-refractivity contribution in [1.82, 2.24) is 10.2 Å². The molecule has 1 saturated heterocycles. The summed E-state index contributed by atoms with van der Waals surface area (Å²) in [6.45, 7) is 2.70. The Bertz CT molecular complexity index is 773. The molecule has 1 N–H and O–H groups in total. The lowest BCUT2D eigenvalue weighted by molar-refractivity contribution is -0.143. The van der Waals surface area contributed by atoms with Crippen molar-refractivity contribution in [3.63, 3.8) is 0 Å². The summed E-state index contributed by atoms with van der Waals surface area (Å²) in [5.41, 5.74) is 0.375. The molecule has 8 nitrogen and oxygen atoms in total. The number of nitrogens with one attached hydrogen (secondary N) is 1. The smallest absolute Gasteiger partial charge is 0.329 e. The van der Waals surface area contributed by atoms with Crippen LogP contribution in [0, 0.1) is 0 Å². The molecule has 2 aliphatic rings. The van der Waals surface area contributed by atoms with Crippen molar-refractivity contribution in [3.05, 3.63) is 29.8 Å². The first-order valence-corrected chi connectivity index (χ1v) is 7.88. The quantitative estimate of drug-likeness (QED) is 0.634. The number of ether oxygens (including phenoxy) is 1. The Morgan fingerprint density at radius 2 is 1.96 bits per heavy atom. The summed E-state index contributed by atoms with van der Waals surface area (Å²) in [4.78, 5) is 51.4. The number of methoxy groups -OCH3 is 1. The third-order valence-electron chi connectivity index (χ3n) is 4.46. The van der Waals surface area contributed by atoms with Crippen LogP contribution in [0.25, 0.3) is 0 Å². The topological polar surface area (TPSA) is 96.0 Å². The van der Waals surface area contributed by atoms with Gasteiger partial charge in [-0.15, -0.1) is 0 Å². The standard InChI is InChI=1S/C17H19N3O5/c1-17(2)15(23)19(16(24)18-17)9-13(21)20-11-7-5-4-6-10(11)8-12(20)14(22)25-3/h4-7,12H,8-9H2,1-3H3,(H,18,24)/t12-/m0/s1. The van der Waals surface area contributed by atoms with Crippen molar-refractivity contribution < 1.29 is 23.9 Å². The Labute approximate surface area is 144 Å². The average Bonchev–Trinajstić information content (AvgIpc) is 3.04. The summed E-state index contributed by atoms with van der Waals surface area (Å²) in [7, 11) is 1.26. The van der Waals surface area contributed by atoms with Crippen LogP contribution in [0.1, 0.15) is 19.4 Å². The molecule has 2 aliphatic heterocycles. The molecule has 0 saturated carbocycles. The molecule has 3 rings (SSSR count). The monoisotopic (exact) mass is 345 g/mol. The predicted octanol–water partition coefficient (Wildman–Crippen LogP) is 0.448. The van der Waals surface area contributed by atoms with E-state index in [9.17, 15) is 19.2 Å². The Balaban J connectivity index is 1.88. The largest absolute Gasteiger partial charge is 0.467 e. The van der Waals surface area contributed by atoms with Crippen molar-refractivity contribution in [3.8, 4) is 0 Å². The molecule has 1 aromatic rings. The molecule has 0 aliphatic carbocycles. The zero-order valence-corrected chi connectivity index (χ0v) is 14.2. The number of para-hydroxylation sites is 1. The number of anilines is 1. The van der Waals surface area contributed by atoms with Crippen molar-refractivity contribution in [2.24, 2.45) is 0 Å². The number of benzene rings is 1. The van der Waals surface area contributed by atoms with Gasteiger partial charge in [-0.3, -0.25) is 19.4 Å². The molecule has 8 heteroatoms. The van der Waals surface area contributed by atoms with Gasteiger partial charge in [0, 0.05) is 12.1 Å². The van der Waals surface area contributed by atoms with Crippen LogP contribution >= 0.6 is 0 Å². The highest BCUT2D eigenvalue weighted by atomic mass is 16.5. The van der Waals surface area contributed by atoms with E-state index in [4.69, 9.17) is 4.74 Å². The van der Waals surface area contributed by atoms with E-state index in [1.165, 1.54) is 12.0 Å². The normalized spacial score (nSPS) is 21.2. The molecule has 0 bridgehead atoms. The molecule has 0 spiro atoms. The first-order chi connectivity index (χ1) is 11.8. The number of carbonyl (C=O) groups is 4. The third kappa shape index (κ3) is 2.73. The van der Waals surface area contributed by atoms with E-state index < -0.39 is 41.9 Å². The number of rotatable bonds is 3. The zero-order chi connectivity index (χ0) is 18.4. The lowest BCUT2D eigenvalue weighted by Crippen LogP contribution is -2.49. The van der Waals surface area contributed by atoms with E-state index in [2.05, 4.69) is 5.32 Å². The van der Waals surface area contributed by atoms with Crippen LogP contribution in [-0.4, -0.2) is 54.0 Å². The minimum Gasteiger partial charge on any atom is -0.467 e. The predicted molar refractivity (Wildman–Crippen MR) is 87.8 cm³/mol. The van der Waals surface area contributed by atoms with Gasteiger partial charge in [0.1, 0.15) is 18.1 Å². The minimum atomic E-state index is -1.05. The minimum absolute atomic E-state index is 0.334. The fraction of sp³-hybridized carbons (Fsp3) is 0.412. The Morgan fingerprint density at radius 1 is 1.28 bits per heavy atom. The summed E-state index contributed by atoms with van der Waals surface area (Å²) < 4.78 is 4.80. The van der Waals surface area contributed by atoms with Crippen LogP contribution in [0.3, 0.4) is 0 Å². The van der Waals surface area contributed by atoms with E-state index in [0.29, 0.717) is 12.1 Å². The highest BCUT2D eigenvalue weighted by Gasteiger charge is 2.47. The van der Waals surface area contributed by atoms with Crippen LogP contribution in [0.5, 0.6) is 0 Å². The van der Waals surface area contributed by atoms with Crippen molar-refractivity contribution in [1.29, 1.82) is 0 Å². The van der Waals surface area contributed by atoms with Crippen LogP contribution in [0.4, 0.5) is 10.5 Å². The molecule has 0 radical (unpaired) electrons. The number of imide groups is 1.